The minimum atomic E-state index is 0.294. The first-order valence-electron chi connectivity index (χ1n) is 7.70. The molecule has 0 aromatic carbocycles. The second-order valence-electron chi connectivity index (χ2n) is 5.70. The van der Waals surface area contributed by atoms with Crippen LogP contribution in [0.25, 0.3) is 10.5 Å². The zero-order chi connectivity index (χ0) is 17.3. The number of nitrogens with one attached hydrogen (secondary N) is 1. The predicted octanol–water partition coefficient (Wildman–Crippen LogP) is 2.84. The monoisotopic (exact) mass is 321 g/mol. The van der Waals surface area contributed by atoms with Crippen LogP contribution >= 0.6 is 0 Å². The van der Waals surface area contributed by atoms with Crippen molar-refractivity contribution in [3.05, 3.63) is 52.3 Å². The molecule has 3 aromatic heterocycles. The van der Waals surface area contributed by atoms with Gasteiger partial charge in [-0.1, -0.05) is 6.07 Å². The van der Waals surface area contributed by atoms with E-state index in [2.05, 4.69) is 25.2 Å². The smallest absolute Gasteiger partial charge is 0.268 e. The van der Waals surface area contributed by atoms with Crippen molar-refractivity contribution in [2.45, 2.75) is 27.2 Å². The van der Waals surface area contributed by atoms with Crippen LogP contribution < -0.4 is 11.1 Å². The number of hydrogen-bond acceptors (Lipinski definition) is 5. The first kappa shape index (κ1) is 15.7. The minimum Gasteiger partial charge on any atom is -0.392 e. The molecule has 7 nitrogen and oxygen atoms in total. The summed E-state index contributed by atoms with van der Waals surface area (Å²) in [4.78, 5) is 12.5. The lowest BCUT2D eigenvalue weighted by Gasteiger charge is -2.11. The van der Waals surface area contributed by atoms with Crippen LogP contribution in [0.2, 0.25) is 0 Å². The molecule has 3 N–H and O–H groups in total. The molecule has 0 atom stereocenters. The number of pyridine rings is 1. The largest absolute Gasteiger partial charge is 0.392 e. The Morgan fingerprint density at radius 1 is 1.25 bits per heavy atom. The quantitative estimate of drug-likeness (QED) is 0.722. The Bertz CT molecular complexity index is 950. The maximum Gasteiger partial charge on any atom is 0.268 e. The van der Waals surface area contributed by atoms with Crippen LogP contribution in [0.1, 0.15) is 22.6 Å². The van der Waals surface area contributed by atoms with Gasteiger partial charge in [-0.15, -0.1) is 0 Å². The number of aryl methyl sites for hydroxylation is 3. The van der Waals surface area contributed by atoms with Gasteiger partial charge < -0.3 is 11.1 Å². The highest BCUT2D eigenvalue weighted by atomic mass is 15.3. The van der Waals surface area contributed by atoms with E-state index in [1.165, 1.54) is 4.52 Å². The molecular weight excluding hydrogens is 302 g/mol. The molecule has 7 heteroatoms. The molecule has 3 heterocycles. The number of nitrogen functional groups attached to an aromatic ring is 1. The average Bonchev–Trinajstić information content (AvgIpc) is 2.84. The van der Waals surface area contributed by atoms with Crippen molar-refractivity contribution in [3.8, 4) is 0 Å². The third-order valence-electron chi connectivity index (χ3n) is 3.97. The topological polar surface area (TPSA) is 85.5 Å². The SMILES string of the molecule is [C-]#[N+]c1c(NCCc2cccc(C)n2)nc2c(C)c(C)nn2c1N. The van der Waals surface area contributed by atoms with E-state index >= 15 is 0 Å². The average molecular weight is 321 g/mol. The highest BCUT2D eigenvalue weighted by molar-refractivity contribution is 5.80. The fourth-order valence-electron chi connectivity index (χ4n) is 2.55. The molecule has 0 amide bonds. The lowest BCUT2D eigenvalue weighted by molar-refractivity contribution is 0.919. The Kier molecular flexibility index (Phi) is 4.04. The van der Waals surface area contributed by atoms with Crippen molar-refractivity contribution in [2.75, 3.05) is 17.6 Å². The number of nitrogens with zero attached hydrogens (tertiary/aromatic N) is 5. The van der Waals surface area contributed by atoms with Crippen LogP contribution in [0.5, 0.6) is 0 Å². The Morgan fingerprint density at radius 3 is 2.75 bits per heavy atom. The zero-order valence-electron chi connectivity index (χ0n) is 14.0. The molecule has 0 bridgehead atoms. The normalized spacial score (nSPS) is 10.8. The van der Waals surface area contributed by atoms with Gasteiger partial charge in [-0.05, 0) is 32.9 Å². The maximum atomic E-state index is 7.40. The van der Waals surface area contributed by atoms with Crippen molar-refractivity contribution < 1.29 is 0 Å². The van der Waals surface area contributed by atoms with Crippen LogP contribution in [-0.4, -0.2) is 26.1 Å². The van der Waals surface area contributed by atoms with Gasteiger partial charge in [-0.2, -0.15) is 5.10 Å². The minimum absolute atomic E-state index is 0.294. The van der Waals surface area contributed by atoms with Crippen LogP contribution in [0.15, 0.2) is 18.2 Å². The molecule has 3 aromatic rings. The fourth-order valence-corrected chi connectivity index (χ4v) is 2.55. The van der Waals surface area contributed by atoms with Gasteiger partial charge >= 0.3 is 0 Å². The zero-order valence-corrected chi connectivity index (χ0v) is 14.0. The van der Waals surface area contributed by atoms with Gasteiger partial charge in [-0.25, -0.2) is 14.3 Å². The molecule has 0 unspecified atom stereocenters. The number of aromatic nitrogens is 4. The van der Waals surface area contributed by atoms with Gasteiger partial charge in [0.25, 0.3) is 5.69 Å². The molecule has 0 fully saturated rings. The van der Waals surface area contributed by atoms with Crippen molar-refractivity contribution in [1.29, 1.82) is 0 Å². The summed E-state index contributed by atoms with van der Waals surface area (Å²) in [5.41, 5.74) is 10.9. The molecule has 0 saturated carbocycles. The van der Waals surface area contributed by atoms with Crippen LogP contribution in [0.3, 0.4) is 0 Å². The Morgan fingerprint density at radius 2 is 2.04 bits per heavy atom. The Balaban J connectivity index is 1.88. The number of anilines is 2. The van der Waals surface area contributed by atoms with Gasteiger partial charge in [0.2, 0.25) is 0 Å². The van der Waals surface area contributed by atoms with E-state index in [1.54, 1.807) is 0 Å². The Labute approximate surface area is 140 Å². The third-order valence-corrected chi connectivity index (χ3v) is 3.97. The van der Waals surface area contributed by atoms with E-state index in [0.717, 1.165) is 29.1 Å². The Hall–Kier alpha value is -3.14. The van der Waals surface area contributed by atoms with Crippen molar-refractivity contribution in [1.82, 2.24) is 19.6 Å². The summed E-state index contributed by atoms with van der Waals surface area (Å²) < 4.78 is 1.53. The van der Waals surface area contributed by atoms with E-state index in [4.69, 9.17) is 12.3 Å². The van der Waals surface area contributed by atoms with E-state index in [0.29, 0.717) is 29.5 Å². The first-order chi connectivity index (χ1) is 11.5. The fraction of sp³-hybridized carbons (Fsp3) is 0.294. The molecule has 0 aliphatic rings. The molecule has 0 saturated heterocycles. The molecule has 122 valence electrons. The molecular formula is C17H19N7. The maximum absolute atomic E-state index is 7.40. The van der Waals surface area contributed by atoms with E-state index in [1.807, 2.05) is 39.0 Å². The summed E-state index contributed by atoms with van der Waals surface area (Å²) in [7, 11) is 0. The molecule has 0 aliphatic heterocycles. The first-order valence-corrected chi connectivity index (χ1v) is 7.70. The predicted molar refractivity (Wildman–Crippen MR) is 94.3 cm³/mol. The summed E-state index contributed by atoms with van der Waals surface area (Å²) in [6, 6.07) is 5.94. The second kappa shape index (κ2) is 6.16. The van der Waals surface area contributed by atoms with Gasteiger partial charge in [0, 0.05) is 29.9 Å². The van der Waals surface area contributed by atoms with Gasteiger partial charge in [-0.3, -0.25) is 4.98 Å². The molecule has 24 heavy (non-hydrogen) atoms. The lowest BCUT2D eigenvalue weighted by atomic mass is 10.2. The van der Waals surface area contributed by atoms with Crippen LogP contribution in [0.4, 0.5) is 17.3 Å². The summed E-state index contributed by atoms with van der Waals surface area (Å²) >= 11 is 0. The summed E-state index contributed by atoms with van der Waals surface area (Å²) in [5, 5.41) is 7.56. The van der Waals surface area contributed by atoms with E-state index in [-0.39, 0.29) is 0 Å². The van der Waals surface area contributed by atoms with E-state index in [9.17, 15) is 0 Å². The summed E-state index contributed by atoms with van der Waals surface area (Å²) in [5.74, 6) is 0.799. The highest BCUT2D eigenvalue weighted by Gasteiger charge is 2.17. The molecule has 0 aliphatic carbocycles. The van der Waals surface area contributed by atoms with Crippen LogP contribution in [-0.2, 0) is 6.42 Å². The number of fused-ring (bicyclic) bond motifs is 1. The van der Waals surface area contributed by atoms with Gasteiger partial charge in [0.05, 0.1) is 12.3 Å². The standard InChI is InChI=1S/C17H19N7/c1-10-6-5-7-13(21-10)8-9-20-16-14(19-4)15(18)24-17(22-16)11(2)12(3)23-24/h5-7H,8-9,18H2,1-3H3,(H,20,22). The molecule has 3 rings (SSSR count). The number of rotatable bonds is 4. The van der Waals surface area contributed by atoms with Gasteiger partial charge in [0.1, 0.15) is 11.6 Å². The van der Waals surface area contributed by atoms with Crippen molar-refractivity contribution in [2.24, 2.45) is 0 Å². The van der Waals surface area contributed by atoms with Crippen molar-refractivity contribution in [3.63, 3.8) is 0 Å². The second-order valence-corrected chi connectivity index (χ2v) is 5.70. The highest BCUT2D eigenvalue weighted by Crippen LogP contribution is 2.32. The summed E-state index contributed by atoms with van der Waals surface area (Å²) in [6.07, 6.45) is 0.739. The summed E-state index contributed by atoms with van der Waals surface area (Å²) in [6.45, 7) is 13.8. The lowest BCUT2D eigenvalue weighted by Crippen LogP contribution is -2.10. The third kappa shape index (κ3) is 2.74. The molecule has 0 spiro atoms. The van der Waals surface area contributed by atoms with Crippen LogP contribution in [0, 0.1) is 27.3 Å². The van der Waals surface area contributed by atoms with Gasteiger partial charge in [0.15, 0.2) is 5.65 Å². The number of hydrogen-bond donors (Lipinski definition) is 2. The number of nitrogens with two attached hydrogens (primary N) is 1. The van der Waals surface area contributed by atoms with Crippen molar-refractivity contribution >= 4 is 23.0 Å². The molecule has 0 radical (unpaired) electrons. The van der Waals surface area contributed by atoms with E-state index < -0.39 is 0 Å².